The van der Waals surface area contributed by atoms with Gasteiger partial charge in [0.1, 0.15) is 12.6 Å². The van der Waals surface area contributed by atoms with Crippen molar-refractivity contribution >= 4 is 39.1 Å². The van der Waals surface area contributed by atoms with Crippen LogP contribution in [0.5, 0.6) is 0 Å². The number of aryl methyl sites for hydroxylation is 2. The Balaban J connectivity index is 2.12. The first kappa shape index (κ1) is 32.9. The summed E-state index contributed by atoms with van der Waals surface area (Å²) in [6, 6.07) is 14.3. The molecule has 0 radical (unpaired) electrons. The molecule has 3 aromatic rings. The quantitative estimate of drug-likeness (QED) is 0.295. The lowest BCUT2D eigenvalue weighted by Gasteiger charge is -2.32. The Kier molecular flexibility index (Phi) is 10.3. The molecule has 12 heteroatoms. The molecule has 3 rings (SSSR count). The number of amides is 2. The van der Waals surface area contributed by atoms with E-state index in [-0.39, 0.29) is 17.5 Å². The lowest BCUT2D eigenvalue weighted by atomic mass is 10.1. The van der Waals surface area contributed by atoms with Crippen LogP contribution in [-0.4, -0.2) is 43.8 Å². The van der Waals surface area contributed by atoms with Crippen molar-refractivity contribution in [2.75, 3.05) is 10.8 Å². The van der Waals surface area contributed by atoms with Gasteiger partial charge in [-0.3, -0.25) is 13.9 Å². The number of nitrogens with zero attached hydrogens (tertiary/aromatic N) is 2. The topological polar surface area (TPSA) is 86.8 Å². The second-order valence-electron chi connectivity index (χ2n) is 10.3. The molecular formula is C30H33ClF3N3O4S. The fourth-order valence-corrected chi connectivity index (χ4v) is 5.76. The van der Waals surface area contributed by atoms with Crippen LogP contribution in [0.2, 0.25) is 5.02 Å². The van der Waals surface area contributed by atoms with Gasteiger partial charge in [-0.15, -0.1) is 0 Å². The molecule has 1 unspecified atom stereocenters. The molecule has 42 heavy (non-hydrogen) atoms. The first-order chi connectivity index (χ1) is 19.5. The standard InChI is InChI=1S/C30H33ClF3N3O4S/c1-19(2)35-29(39)22(5)36(17-23-10-6-20(3)7-11-23)28(38)18-37(42(40,41)25-13-8-21(4)9-14-25)24-12-15-27(31)26(16-24)30(32,33)34/h6-16,19,22H,17-18H2,1-5H3,(H,35,39). The van der Waals surface area contributed by atoms with Crippen molar-refractivity contribution in [2.45, 2.75) is 64.3 Å². The van der Waals surface area contributed by atoms with Crippen molar-refractivity contribution in [3.63, 3.8) is 0 Å². The van der Waals surface area contributed by atoms with E-state index in [0.717, 1.165) is 23.3 Å². The Morgan fingerprint density at radius 2 is 1.45 bits per heavy atom. The summed E-state index contributed by atoms with van der Waals surface area (Å²) in [6.07, 6.45) is -4.88. The summed E-state index contributed by atoms with van der Waals surface area (Å²) in [5.41, 5.74) is 0.754. The molecule has 0 aliphatic heterocycles. The van der Waals surface area contributed by atoms with Gasteiger partial charge in [0.05, 0.1) is 21.2 Å². The fraction of sp³-hybridized carbons (Fsp3) is 0.333. The van der Waals surface area contributed by atoms with Crippen LogP contribution >= 0.6 is 11.6 Å². The van der Waals surface area contributed by atoms with Crippen LogP contribution in [0.25, 0.3) is 0 Å². The van der Waals surface area contributed by atoms with E-state index >= 15 is 0 Å². The summed E-state index contributed by atoms with van der Waals surface area (Å²) in [5, 5.41) is 2.12. The average molecular weight is 624 g/mol. The third-order valence-electron chi connectivity index (χ3n) is 6.50. The number of rotatable bonds is 10. The van der Waals surface area contributed by atoms with Gasteiger partial charge in [-0.25, -0.2) is 8.42 Å². The van der Waals surface area contributed by atoms with Gasteiger partial charge in [0.25, 0.3) is 10.0 Å². The number of nitrogens with one attached hydrogen (secondary N) is 1. The number of hydrogen-bond acceptors (Lipinski definition) is 4. The molecule has 0 spiro atoms. The second-order valence-corrected chi connectivity index (χ2v) is 12.6. The first-order valence-electron chi connectivity index (χ1n) is 13.1. The highest BCUT2D eigenvalue weighted by Crippen LogP contribution is 2.38. The molecule has 2 amide bonds. The van der Waals surface area contributed by atoms with Crippen LogP contribution in [-0.2, 0) is 32.3 Å². The van der Waals surface area contributed by atoms with Gasteiger partial charge in [0, 0.05) is 12.6 Å². The van der Waals surface area contributed by atoms with Gasteiger partial charge < -0.3 is 10.2 Å². The zero-order valence-electron chi connectivity index (χ0n) is 23.9. The van der Waals surface area contributed by atoms with Crippen molar-refractivity contribution in [3.8, 4) is 0 Å². The number of carbonyl (C=O) groups excluding carboxylic acids is 2. The molecule has 0 aromatic heterocycles. The van der Waals surface area contributed by atoms with Crippen molar-refractivity contribution in [1.29, 1.82) is 0 Å². The highest BCUT2D eigenvalue weighted by atomic mass is 35.5. The van der Waals surface area contributed by atoms with Gasteiger partial charge in [-0.05, 0) is 70.5 Å². The summed E-state index contributed by atoms with van der Waals surface area (Å²) in [7, 11) is -4.54. The maximum Gasteiger partial charge on any atom is 0.417 e. The molecule has 0 heterocycles. The second kappa shape index (κ2) is 13.2. The third kappa shape index (κ3) is 8.04. The molecular weight excluding hydrogens is 591 g/mol. The maximum absolute atomic E-state index is 13.9. The summed E-state index contributed by atoms with van der Waals surface area (Å²) < 4.78 is 69.6. The summed E-state index contributed by atoms with van der Waals surface area (Å²) >= 11 is 5.80. The number of hydrogen-bond donors (Lipinski definition) is 1. The molecule has 7 nitrogen and oxygen atoms in total. The fourth-order valence-electron chi connectivity index (χ4n) is 4.13. The summed E-state index contributed by atoms with van der Waals surface area (Å²) in [5.74, 6) is -1.26. The van der Waals surface area contributed by atoms with Gasteiger partial charge in [-0.2, -0.15) is 13.2 Å². The zero-order valence-corrected chi connectivity index (χ0v) is 25.4. The van der Waals surface area contributed by atoms with Gasteiger partial charge in [0.2, 0.25) is 11.8 Å². The lowest BCUT2D eigenvalue weighted by Crippen LogP contribution is -2.52. The van der Waals surface area contributed by atoms with E-state index in [9.17, 15) is 31.2 Å². The minimum absolute atomic E-state index is 0.0430. The Bertz CT molecular complexity index is 1530. The largest absolute Gasteiger partial charge is 0.417 e. The normalized spacial score (nSPS) is 12.6. The van der Waals surface area contributed by atoms with Crippen molar-refractivity contribution in [2.24, 2.45) is 0 Å². The van der Waals surface area contributed by atoms with E-state index in [0.29, 0.717) is 15.9 Å². The molecule has 0 saturated heterocycles. The number of anilines is 1. The molecule has 1 atom stereocenters. The monoisotopic (exact) mass is 623 g/mol. The zero-order chi connectivity index (χ0) is 31.4. The lowest BCUT2D eigenvalue weighted by molar-refractivity contribution is -0.139. The number of halogens is 4. The van der Waals surface area contributed by atoms with Crippen LogP contribution in [0, 0.1) is 13.8 Å². The van der Waals surface area contributed by atoms with E-state index < -0.39 is 56.9 Å². The maximum atomic E-state index is 13.9. The van der Waals surface area contributed by atoms with E-state index in [2.05, 4.69) is 5.32 Å². The molecule has 1 N–H and O–H groups in total. The molecule has 226 valence electrons. The minimum atomic E-state index is -4.88. The molecule has 0 aliphatic rings. The van der Waals surface area contributed by atoms with E-state index in [4.69, 9.17) is 11.6 Å². The van der Waals surface area contributed by atoms with Crippen LogP contribution in [0.3, 0.4) is 0 Å². The van der Waals surface area contributed by atoms with Crippen molar-refractivity contribution in [1.82, 2.24) is 10.2 Å². The first-order valence-corrected chi connectivity index (χ1v) is 14.9. The van der Waals surface area contributed by atoms with Crippen LogP contribution < -0.4 is 9.62 Å². The predicted octanol–water partition coefficient (Wildman–Crippen LogP) is 6.11. The highest BCUT2D eigenvalue weighted by Gasteiger charge is 2.37. The van der Waals surface area contributed by atoms with E-state index in [1.54, 1.807) is 32.9 Å². The van der Waals surface area contributed by atoms with Crippen LogP contribution in [0.1, 0.15) is 43.0 Å². The Morgan fingerprint density at radius 1 is 0.905 bits per heavy atom. The smallest absolute Gasteiger partial charge is 0.352 e. The molecule has 3 aromatic carbocycles. The number of carbonyl (C=O) groups is 2. The molecule has 0 bridgehead atoms. The number of sulfonamides is 1. The van der Waals surface area contributed by atoms with Gasteiger partial charge in [0.15, 0.2) is 0 Å². The van der Waals surface area contributed by atoms with Crippen LogP contribution in [0.4, 0.5) is 18.9 Å². The number of benzene rings is 3. The van der Waals surface area contributed by atoms with Crippen LogP contribution in [0.15, 0.2) is 71.6 Å². The molecule has 0 aliphatic carbocycles. The van der Waals surface area contributed by atoms with E-state index in [1.165, 1.54) is 36.1 Å². The molecule has 0 fully saturated rings. The third-order valence-corrected chi connectivity index (χ3v) is 8.62. The molecule has 0 saturated carbocycles. The van der Waals surface area contributed by atoms with Gasteiger partial charge in [-0.1, -0.05) is 59.1 Å². The Morgan fingerprint density at radius 3 is 1.98 bits per heavy atom. The Hall–Kier alpha value is -3.57. The van der Waals surface area contributed by atoms with Crippen molar-refractivity contribution in [3.05, 3.63) is 94.0 Å². The highest BCUT2D eigenvalue weighted by molar-refractivity contribution is 7.92. The Labute approximate surface area is 249 Å². The summed E-state index contributed by atoms with van der Waals surface area (Å²) in [4.78, 5) is 27.9. The predicted molar refractivity (Wildman–Crippen MR) is 157 cm³/mol. The SMILES string of the molecule is Cc1ccc(CN(C(=O)CN(c2ccc(Cl)c(C(F)(F)F)c2)S(=O)(=O)c2ccc(C)cc2)C(C)C(=O)NC(C)C)cc1. The van der Waals surface area contributed by atoms with Crippen molar-refractivity contribution < 1.29 is 31.2 Å². The minimum Gasteiger partial charge on any atom is -0.352 e. The average Bonchev–Trinajstić information content (AvgIpc) is 2.90. The van der Waals surface area contributed by atoms with E-state index in [1.807, 2.05) is 19.1 Å². The summed E-state index contributed by atoms with van der Waals surface area (Å²) in [6.45, 7) is 7.74. The van der Waals surface area contributed by atoms with Gasteiger partial charge >= 0.3 is 6.18 Å². The number of alkyl halides is 3.